The van der Waals surface area contributed by atoms with Crippen molar-refractivity contribution >= 4 is 28.0 Å². The Hall–Kier alpha value is -2.19. The van der Waals surface area contributed by atoms with Crippen molar-refractivity contribution in [2.75, 3.05) is 18.5 Å². The number of fused-ring (bicyclic) bond motifs is 1. The predicted molar refractivity (Wildman–Crippen MR) is 91.5 cm³/mol. The maximum atomic E-state index is 12.4. The first-order valence-corrected chi connectivity index (χ1v) is 8.86. The summed E-state index contributed by atoms with van der Waals surface area (Å²) in [4.78, 5) is 19.0. The van der Waals surface area contributed by atoms with Crippen molar-refractivity contribution in [3.63, 3.8) is 0 Å². The molecule has 8 heteroatoms. The van der Waals surface area contributed by atoms with Gasteiger partial charge in [-0.1, -0.05) is 0 Å². The molecule has 1 aliphatic heterocycles. The SMILES string of the molecule is Cc1cn2cc(CC(=O)Nc3ccnn3C3CCOCC3)nc2s1. The Morgan fingerprint density at radius 3 is 3.04 bits per heavy atom. The summed E-state index contributed by atoms with van der Waals surface area (Å²) in [6.07, 6.45) is 7.75. The van der Waals surface area contributed by atoms with Crippen LogP contribution in [0.25, 0.3) is 4.96 Å². The molecule has 1 aliphatic rings. The van der Waals surface area contributed by atoms with Gasteiger partial charge < -0.3 is 10.1 Å². The summed E-state index contributed by atoms with van der Waals surface area (Å²) in [6.45, 7) is 3.52. The highest BCUT2D eigenvalue weighted by molar-refractivity contribution is 7.16. The lowest BCUT2D eigenvalue weighted by Crippen LogP contribution is -2.24. The minimum Gasteiger partial charge on any atom is -0.381 e. The summed E-state index contributed by atoms with van der Waals surface area (Å²) < 4.78 is 9.25. The van der Waals surface area contributed by atoms with Crippen LogP contribution in [0.4, 0.5) is 5.82 Å². The number of rotatable bonds is 4. The standard InChI is InChI=1S/C16H19N5O2S/c1-11-9-20-10-12(18-16(20)24-11)8-15(22)19-14-2-5-17-21(14)13-3-6-23-7-4-13/h2,5,9-10,13H,3-4,6-8H2,1H3,(H,19,22). The number of ether oxygens (including phenoxy) is 1. The molecule has 126 valence electrons. The van der Waals surface area contributed by atoms with Crippen LogP contribution in [0.1, 0.15) is 29.5 Å². The number of nitrogens with one attached hydrogen (secondary N) is 1. The maximum Gasteiger partial charge on any atom is 0.231 e. The third-order valence-electron chi connectivity index (χ3n) is 4.14. The quantitative estimate of drug-likeness (QED) is 0.788. The molecule has 3 aromatic rings. The molecule has 0 bridgehead atoms. The van der Waals surface area contributed by atoms with Crippen LogP contribution in [0, 0.1) is 6.92 Å². The van der Waals surface area contributed by atoms with E-state index in [0.29, 0.717) is 0 Å². The Morgan fingerprint density at radius 1 is 1.42 bits per heavy atom. The second-order valence-electron chi connectivity index (χ2n) is 5.99. The molecule has 0 unspecified atom stereocenters. The van der Waals surface area contributed by atoms with Gasteiger partial charge in [-0.2, -0.15) is 5.10 Å². The number of thiazole rings is 1. The van der Waals surface area contributed by atoms with E-state index in [1.807, 2.05) is 34.5 Å². The van der Waals surface area contributed by atoms with E-state index in [-0.39, 0.29) is 18.4 Å². The average molecular weight is 345 g/mol. The van der Waals surface area contributed by atoms with E-state index in [1.165, 1.54) is 4.88 Å². The molecular formula is C16H19N5O2S. The van der Waals surface area contributed by atoms with Gasteiger partial charge in [0, 0.05) is 36.6 Å². The Balaban J connectivity index is 1.44. The predicted octanol–water partition coefficient (Wildman–Crippen LogP) is 2.43. The van der Waals surface area contributed by atoms with Crippen molar-refractivity contribution in [3.8, 4) is 0 Å². The molecule has 4 heterocycles. The minimum absolute atomic E-state index is 0.0775. The molecule has 0 radical (unpaired) electrons. The van der Waals surface area contributed by atoms with Gasteiger partial charge in [-0.25, -0.2) is 9.67 Å². The Labute approximate surface area is 143 Å². The highest BCUT2D eigenvalue weighted by Gasteiger charge is 2.20. The largest absolute Gasteiger partial charge is 0.381 e. The normalized spacial score (nSPS) is 15.9. The van der Waals surface area contributed by atoms with Gasteiger partial charge in [0.05, 0.1) is 24.4 Å². The van der Waals surface area contributed by atoms with Crippen LogP contribution in [0.15, 0.2) is 24.7 Å². The lowest BCUT2D eigenvalue weighted by molar-refractivity contribution is -0.115. The van der Waals surface area contributed by atoms with E-state index in [4.69, 9.17) is 4.74 Å². The van der Waals surface area contributed by atoms with Crippen molar-refractivity contribution in [1.29, 1.82) is 0 Å². The smallest absolute Gasteiger partial charge is 0.231 e. The Bertz CT molecular complexity index is 827. The zero-order chi connectivity index (χ0) is 16.5. The molecule has 3 aromatic heterocycles. The fraction of sp³-hybridized carbons (Fsp3) is 0.438. The number of hydrogen-bond acceptors (Lipinski definition) is 5. The molecular weight excluding hydrogens is 326 g/mol. The van der Waals surface area contributed by atoms with Gasteiger partial charge in [-0.3, -0.25) is 9.20 Å². The van der Waals surface area contributed by atoms with Crippen molar-refractivity contribution in [2.24, 2.45) is 0 Å². The van der Waals surface area contributed by atoms with Gasteiger partial charge in [0.2, 0.25) is 5.91 Å². The molecule has 0 aromatic carbocycles. The lowest BCUT2D eigenvalue weighted by Gasteiger charge is -2.24. The molecule has 4 rings (SSSR count). The number of carbonyl (C=O) groups is 1. The van der Waals surface area contributed by atoms with Gasteiger partial charge in [0.25, 0.3) is 0 Å². The number of aromatic nitrogens is 4. The second kappa shape index (κ2) is 6.37. The molecule has 1 amide bonds. The number of anilines is 1. The van der Waals surface area contributed by atoms with Crippen LogP contribution in [-0.2, 0) is 16.0 Å². The zero-order valence-electron chi connectivity index (χ0n) is 13.4. The van der Waals surface area contributed by atoms with Crippen LogP contribution in [0.2, 0.25) is 0 Å². The molecule has 0 saturated carbocycles. The van der Waals surface area contributed by atoms with Crippen molar-refractivity contribution < 1.29 is 9.53 Å². The third kappa shape index (κ3) is 3.07. The Morgan fingerprint density at radius 2 is 2.25 bits per heavy atom. The first-order chi connectivity index (χ1) is 11.7. The first-order valence-electron chi connectivity index (χ1n) is 8.04. The van der Waals surface area contributed by atoms with Crippen molar-refractivity contribution in [2.45, 2.75) is 32.2 Å². The number of hydrogen-bond donors (Lipinski definition) is 1. The van der Waals surface area contributed by atoms with E-state index < -0.39 is 0 Å². The number of aryl methyl sites for hydroxylation is 1. The number of amides is 1. The monoisotopic (exact) mass is 345 g/mol. The van der Waals surface area contributed by atoms with Crippen LogP contribution in [0.3, 0.4) is 0 Å². The third-order valence-corrected chi connectivity index (χ3v) is 5.05. The van der Waals surface area contributed by atoms with Crippen LogP contribution >= 0.6 is 11.3 Å². The van der Waals surface area contributed by atoms with Crippen LogP contribution in [-0.4, -0.2) is 38.3 Å². The van der Waals surface area contributed by atoms with Gasteiger partial charge in [0.15, 0.2) is 4.96 Å². The second-order valence-corrected chi connectivity index (χ2v) is 7.21. The molecule has 0 spiro atoms. The Kier molecular flexibility index (Phi) is 4.07. The van der Waals surface area contributed by atoms with Crippen molar-refractivity contribution in [1.82, 2.24) is 19.2 Å². The van der Waals surface area contributed by atoms with E-state index in [0.717, 1.165) is 42.5 Å². The zero-order valence-corrected chi connectivity index (χ0v) is 14.3. The molecule has 7 nitrogen and oxygen atoms in total. The average Bonchev–Trinajstić information content (AvgIpc) is 3.23. The molecule has 1 fully saturated rings. The summed E-state index contributed by atoms with van der Waals surface area (Å²) in [5.74, 6) is 0.662. The van der Waals surface area contributed by atoms with Gasteiger partial charge >= 0.3 is 0 Å². The molecule has 24 heavy (non-hydrogen) atoms. The van der Waals surface area contributed by atoms with E-state index >= 15 is 0 Å². The first kappa shape index (κ1) is 15.3. The lowest BCUT2D eigenvalue weighted by atomic mass is 10.1. The molecule has 0 aliphatic carbocycles. The van der Waals surface area contributed by atoms with Crippen LogP contribution in [0.5, 0.6) is 0 Å². The summed E-state index contributed by atoms with van der Waals surface area (Å²) in [7, 11) is 0. The number of carbonyl (C=O) groups excluding carboxylic acids is 1. The van der Waals surface area contributed by atoms with E-state index in [1.54, 1.807) is 17.5 Å². The molecule has 1 N–H and O–H groups in total. The summed E-state index contributed by atoms with van der Waals surface area (Å²) >= 11 is 1.62. The maximum absolute atomic E-state index is 12.4. The summed E-state index contributed by atoms with van der Waals surface area (Å²) in [5, 5.41) is 7.32. The van der Waals surface area contributed by atoms with Crippen molar-refractivity contribution in [3.05, 3.63) is 35.2 Å². The fourth-order valence-corrected chi connectivity index (χ4v) is 3.86. The fourth-order valence-electron chi connectivity index (χ4n) is 3.03. The van der Waals surface area contributed by atoms with Crippen LogP contribution < -0.4 is 5.32 Å². The highest BCUT2D eigenvalue weighted by atomic mass is 32.1. The van der Waals surface area contributed by atoms with E-state index in [2.05, 4.69) is 15.4 Å². The number of imidazole rings is 1. The van der Waals surface area contributed by atoms with Gasteiger partial charge in [-0.15, -0.1) is 11.3 Å². The molecule has 0 atom stereocenters. The summed E-state index contributed by atoms with van der Waals surface area (Å²) in [6, 6.07) is 2.12. The number of nitrogens with zero attached hydrogens (tertiary/aromatic N) is 4. The highest BCUT2D eigenvalue weighted by Crippen LogP contribution is 2.24. The van der Waals surface area contributed by atoms with Gasteiger partial charge in [-0.05, 0) is 19.8 Å². The summed E-state index contributed by atoms with van der Waals surface area (Å²) in [5.41, 5.74) is 0.774. The van der Waals surface area contributed by atoms with E-state index in [9.17, 15) is 4.79 Å². The molecule has 1 saturated heterocycles. The topological polar surface area (TPSA) is 73.5 Å². The van der Waals surface area contributed by atoms with Gasteiger partial charge in [0.1, 0.15) is 5.82 Å². The minimum atomic E-state index is -0.0775.